The second kappa shape index (κ2) is 6.12. The lowest BCUT2D eigenvalue weighted by atomic mass is 10.1. The van der Waals surface area contributed by atoms with Crippen molar-refractivity contribution in [2.75, 3.05) is 13.1 Å². The van der Waals surface area contributed by atoms with Crippen molar-refractivity contribution in [1.29, 1.82) is 0 Å². The zero-order valence-corrected chi connectivity index (χ0v) is 11.4. The van der Waals surface area contributed by atoms with Crippen molar-refractivity contribution in [2.45, 2.75) is 31.7 Å². The summed E-state index contributed by atoms with van der Waals surface area (Å²) in [7, 11) is 0. The number of aliphatic carboxylic acids is 1. The van der Waals surface area contributed by atoms with E-state index in [4.69, 9.17) is 10.8 Å². The summed E-state index contributed by atoms with van der Waals surface area (Å²) in [5.74, 6) is -1.03. The van der Waals surface area contributed by atoms with Crippen LogP contribution in [0.3, 0.4) is 0 Å². The van der Waals surface area contributed by atoms with Crippen LogP contribution in [0.5, 0.6) is 0 Å². The molecule has 0 radical (unpaired) electrons. The lowest BCUT2D eigenvalue weighted by Gasteiger charge is -2.22. The fraction of sp³-hybridized carbons (Fsp3) is 0.583. The third-order valence-corrected chi connectivity index (χ3v) is 4.09. The highest BCUT2D eigenvalue weighted by molar-refractivity contribution is 7.09. The molecule has 3 N–H and O–H groups in total. The van der Waals surface area contributed by atoms with Gasteiger partial charge in [0.15, 0.2) is 0 Å². The van der Waals surface area contributed by atoms with Gasteiger partial charge in [0.25, 0.3) is 5.91 Å². The first kappa shape index (κ1) is 14.0. The zero-order chi connectivity index (χ0) is 13.8. The summed E-state index contributed by atoms with van der Waals surface area (Å²) in [6.07, 6.45) is 2.27. The van der Waals surface area contributed by atoms with Gasteiger partial charge >= 0.3 is 5.97 Å². The molecule has 0 aromatic carbocycles. The molecule has 0 aliphatic carbocycles. The van der Waals surface area contributed by atoms with Crippen molar-refractivity contribution >= 4 is 23.2 Å². The van der Waals surface area contributed by atoms with Gasteiger partial charge in [-0.25, -0.2) is 4.98 Å². The Labute approximate surface area is 115 Å². The van der Waals surface area contributed by atoms with Crippen LogP contribution in [0, 0.1) is 0 Å². The molecule has 6 nitrogen and oxygen atoms in total. The summed E-state index contributed by atoms with van der Waals surface area (Å²) in [6, 6.07) is -0.204. The molecule has 1 aromatic heterocycles. The lowest BCUT2D eigenvalue weighted by Crippen LogP contribution is -2.37. The molecule has 0 spiro atoms. The van der Waals surface area contributed by atoms with Crippen LogP contribution < -0.4 is 5.73 Å². The Bertz CT molecular complexity index is 475. The van der Waals surface area contributed by atoms with Gasteiger partial charge in [-0.05, 0) is 19.4 Å². The standard InChI is InChI=1S/C12H17N3O3S/c13-4-3-10-14-9(7-19-10)12(18)15-5-1-2-8(15)6-11(16)17/h7-8H,1-6,13H2,(H,16,17). The minimum Gasteiger partial charge on any atom is -0.481 e. The first-order valence-electron chi connectivity index (χ1n) is 6.29. The number of hydrogen-bond acceptors (Lipinski definition) is 5. The Morgan fingerprint density at radius 1 is 1.58 bits per heavy atom. The number of hydrogen-bond donors (Lipinski definition) is 2. The minimum absolute atomic E-state index is 0.00549. The quantitative estimate of drug-likeness (QED) is 0.830. The van der Waals surface area contributed by atoms with E-state index in [1.165, 1.54) is 11.3 Å². The molecule has 1 atom stereocenters. The molecule has 1 aliphatic rings. The SMILES string of the molecule is NCCc1nc(C(=O)N2CCCC2CC(=O)O)cs1. The molecule has 2 heterocycles. The van der Waals surface area contributed by atoms with Gasteiger partial charge in [-0.1, -0.05) is 0 Å². The number of nitrogens with zero attached hydrogens (tertiary/aromatic N) is 2. The van der Waals surface area contributed by atoms with Crippen LogP contribution >= 0.6 is 11.3 Å². The number of carboxylic acids is 1. The van der Waals surface area contributed by atoms with E-state index in [0.717, 1.165) is 17.8 Å². The van der Waals surface area contributed by atoms with Crippen molar-refractivity contribution in [3.8, 4) is 0 Å². The summed E-state index contributed by atoms with van der Waals surface area (Å²) in [6.45, 7) is 1.12. The second-order valence-electron chi connectivity index (χ2n) is 4.56. The van der Waals surface area contributed by atoms with Gasteiger partial charge in [-0.2, -0.15) is 0 Å². The Balaban J connectivity index is 2.06. The molecule has 1 aliphatic heterocycles. The first-order valence-corrected chi connectivity index (χ1v) is 7.17. The average molecular weight is 283 g/mol. The van der Waals surface area contributed by atoms with Gasteiger partial charge in [-0.15, -0.1) is 11.3 Å². The highest BCUT2D eigenvalue weighted by atomic mass is 32.1. The van der Waals surface area contributed by atoms with Crippen molar-refractivity contribution in [3.63, 3.8) is 0 Å². The van der Waals surface area contributed by atoms with Crippen LogP contribution in [0.15, 0.2) is 5.38 Å². The minimum atomic E-state index is -0.869. The van der Waals surface area contributed by atoms with Crippen LogP contribution in [-0.2, 0) is 11.2 Å². The molecule has 0 saturated carbocycles. The fourth-order valence-electron chi connectivity index (χ4n) is 2.31. The molecule has 7 heteroatoms. The van der Waals surface area contributed by atoms with Crippen molar-refractivity contribution < 1.29 is 14.7 Å². The number of carboxylic acid groups (broad SMARTS) is 1. The van der Waals surface area contributed by atoms with E-state index in [1.54, 1.807) is 10.3 Å². The predicted molar refractivity (Wildman–Crippen MR) is 71.2 cm³/mol. The first-order chi connectivity index (χ1) is 9.11. The highest BCUT2D eigenvalue weighted by Gasteiger charge is 2.31. The smallest absolute Gasteiger partial charge is 0.305 e. The van der Waals surface area contributed by atoms with Crippen molar-refractivity contribution in [1.82, 2.24) is 9.88 Å². The number of likely N-dealkylation sites (tertiary alicyclic amines) is 1. The van der Waals surface area contributed by atoms with Gasteiger partial charge in [0.1, 0.15) is 5.69 Å². The van der Waals surface area contributed by atoms with E-state index in [9.17, 15) is 9.59 Å². The molecule has 2 rings (SSSR count). The molecule has 1 unspecified atom stereocenters. The van der Waals surface area contributed by atoms with Crippen LogP contribution in [-0.4, -0.2) is 46.0 Å². The van der Waals surface area contributed by atoms with E-state index in [1.807, 2.05) is 0 Å². The van der Waals surface area contributed by atoms with E-state index in [2.05, 4.69) is 4.98 Å². The molecular weight excluding hydrogens is 266 g/mol. The number of nitrogens with two attached hydrogens (primary N) is 1. The third kappa shape index (κ3) is 3.30. The topological polar surface area (TPSA) is 96.5 Å². The molecule has 1 saturated heterocycles. The molecule has 1 amide bonds. The molecule has 1 fully saturated rings. The van der Waals surface area contributed by atoms with E-state index in [-0.39, 0.29) is 18.4 Å². The maximum Gasteiger partial charge on any atom is 0.305 e. The normalized spacial score (nSPS) is 18.8. The fourth-order valence-corrected chi connectivity index (χ4v) is 3.10. The second-order valence-corrected chi connectivity index (χ2v) is 5.50. The van der Waals surface area contributed by atoms with Gasteiger partial charge < -0.3 is 15.7 Å². The average Bonchev–Trinajstić information content (AvgIpc) is 2.97. The number of rotatable bonds is 5. The summed E-state index contributed by atoms with van der Waals surface area (Å²) in [5.41, 5.74) is 5.86. The number of thiazole rings is 1. The predicted octanol–water partition coefficient (Wildman–Crippen LogP) is 0.724. The summed E-state index contributed by atoms with van der Waals surface area (Å²) in [4.78, 5) is 29.0. The summed E-state index contributed by atoms with van der Waals surface area (Å²) < 4.78 is 0. The molecule has 19 heavy (non-hydrogen) atoms. The van der Waals surface area contributed by atoms with Crippen molar-refractivity contribution in [2.24, 2.45) is 5.73 Å². The van der Waals surface area contributed by atoms with E-state index in [0.29, 0.717) is 25.2 Å². The Morgan fingerprint density at radius 2 is 2.37 bits per heavy atom. The van der Waals surface area contributed by atoms with E-state index < -0.39 is 5.97 Å². The summed E-state index contributed by atoms with van der Waals surface area (Å²) >= 11 is 1.42. The number of aromatic nitrogens is 1. The highest BCUT2D eigenvalue weighted by Crippen LogP contribution is 2.23. The summed E-state index contributed by atoms with van der Waals surface area (Å²) in [5, 5.41) is 11.4. The van der Waals surface area contributed by atoms with Crippen LogP contribution in [0.25, 0.3) is 0 Å². The van der Waals surface area contributed by atoms with Crippen molar-refractivity contribution in [3.05, 3.63) is 16.1 Å². The lowest BCUT2D eigenvalue weighted by molar-refractivity contribution is -0.137. The number of carbonyl (C=O) groups is 2. The number of amides is 1. The van der Waals surface area contributed by atoms with Crippen LogP contribution in [0.1, 0.15) is 34.8 Å². The van der Waals surface area contributed by atoms with Gasteiger partial charge in [0.2, 0.25) is 0 Å². The Morgan fingerprint density at radius 3 is 3.05 bits per heavy atom. The zero-order valence-electron chi connectivity index (χ0n) is 10.5. The maximum atomic E-state index is 12.3. The molecule has 104 valence electrons. The van der Waals surface area contributed by atoms with E-state index >= 15 is 0 Å². The molecule has 0 bridgehead atoms. The van der Waals surface area contributed by atoms with Gasteiger partial charge in [0, 0.05) is 24.4 Å². The van der Waals surface area contributed by atoms with Crippen LogP contribution in [0.4, 0.5) is 0 Å². The monoisotopic (exact) mass is 283 g/mol. The Hall–Kier alpha value is -1.47. The van der Waals surface area contributed by atoms with Crippen LogP contribution in [0.2, 0.25) is 0 Å². The largest absolute Gasteiger partial charge is 0.481 e. The maximum absolute atomic E-state index is 12.3. The Kier molecular flexibility index (Phi) is 4.49. The number of carbonyl (C=O) groups excluding carboxylic acids is 1. The van der Waals surface area contributed by atoms with Gasteiger partial charge in [0.05, 0.1) is 11.4 Å². The van der Waals surface area contributed by atoms with Gasteiger partial charge in [-0.3, -0.25) is 9.59 Å². The molecular formula is C12H17N3O3S. The third-order valence-electron chi connectivity index (χ3n) is 3.18. The molecule has 1 aromatic rings.